The zero-order chi connectivity index (χ0) is 21.4. The smallest absolute Gasteiger partial charge is 0.339 e. The number of carbonyl (C=O) groups excluding carboxylic acids is 2. The molecule has 3 aromatic heterocycles. The highest BCUT2D eigenvalue weighted by molar-refractivity contribution is 7.16. The Morgan fingerprint density at radius 3 is 2.63 bits per heavy atom. The van der Waals surface area contributed by atoms with E-state index in [1.807, 2.05) is 12.3 Å². The molecule has 1 unspecified atom stereocenters. The van der Waals surface area contributed by atoms with Gasteiger partial charge in [-0.2, -0.15) is 0 Å². The van der Waals surface area contributed by atoms with Crippen LogP contribution in [-0.2, 0) is 4.74 Å². The van der Waals surface area contributed by atoms with E-state index >= 15 is 0 Å². The Labute approximate surface area is 178 Å². The van der Waals surface area contributed by atoms with Gasteiger partial charge >= 0.3 is 5.97 Å². The molecule has 158 valence electrons. The number of piperazine rings is 1. The number of rotatable bonds is 5. The molecule has 3 aromatic rings. The summed E-state index contributed by atoms with van der Waals surface area (Å²) in [6.07, 6.45) is 1.61. The molecule has 0 radical (unpaired) electrons. The van der Waals surface area contributed by atoms with Crippen LogP contribution < -0.4 is 4.90 Å². The third-order valence-corrected chi connectivity index (χ3v) is 6.68. The molecule has 1 atom stereocenters. The number of aryl methyl sites for hydroxylation is 1. The largest absolute Gasteiger partial charge is 0.465 e. The molecule has 1 aliphatic heterocycles. The molecule has 9 heteroatoms. The molecule has 4 rings (SSSR count). The van der Waals surface area contributed by atoms with Gasteiger partial charge in [-0.05, 0) is 37.8 Å². The van der Waals surface area contributed by atoms with Crippen LogP contribution in [0, 0.1) is 13.8 Å². The van der Waals surface area contributed by atoms with Gasteiger partial charge in [-0.25, -0.2) is 14.8 Å². The molecular formula is C21H25N5O3S. The second-order valence-corrected chi connectivity index (χ2v) is 8.41. The van der Waals surface area contributed by atoms with Gasteiger partial charge in [0.15, 0.2) is 5.78 Å². The molecule has 1 saturated heterocycles. The summed E-state index contributed by atoms with van der Waals surface area (Å²) in [6, 6.07) is 1.77. The lowest BCUT2D eigenvalue weighted by Gasteiger charge is -2.38. The predicted octanol–water partition coefficient (Wildman–Crippen LogP) is 2.82. The van der Waals surface area contributed by atoms with Gasteiger partial charge in [0.2, 0.25) is 0 Å². The lowest BCUT2D eigenvalue weighted by Crippen LogP contribution is -2.52. The maximum Gasteiger partial charge on any atom is 0.339 e. The molecule has 0 spiro atoms. The first kappa shape index (κ1) is 20.5. The van der Waals surface area contributed by atoms with Crippen molar-refractivity contribution in [2.45, 2.75) is 26.8 Å². The highest BCUT2D eigenvalue weighted by Crippen LogP contribution is 2.28. The van der Waals surface area contributed by atoms with Gasteiger partial charge in [-0.3, -0.25) is 9.69 Å². The number of hydrogen-bond acceptors (Lipinski definition) is 8. The minimum absolute atomic E-state index is 0.0125. The number of anilines is 1. The Morgan fingerprint density at radius 1 is 1.20 bits per heavy atom. The fourth-order valence-electron chi connectivity index (χ4n) is 4.13. The molecule has 1 fully saturated rings. The summed E-state index contributed by atoms with van der Waals surface area (Å²) in [7, 11) is 1.35. The van der Waals surface area contributed by atoms with E-state index in [0.717, 1.165) is 42.2 Å². The average Bonchev–Trinajstić information content (AvgIpc) is 3.36. The fraction of sp³-hybridized carbons (Fsp3) is 0.429. The Hall–Kier alpha value is -2.78. The number of nitrogens with one attached hydrogen (secondary N) is 1. The zero-order valence-corrected chi connectivity index (χ0v) is 18.4. The second kappa shape index (κ2) is 8.16. The van der Waals surface area contributed by atoms with E-state index in [2.05, 4.69) is 30.8 Å². The Morgan fingerprint density at radius 2 is 1.93 bits per heavy atom. The van der Waals surface area contributed by atoms with Crippen molar-refractivity contribution in [3.05, 3.63) is 40.3 Å². The van der Waals surface area contributed by atoms with Crippen LogP contribution in [0.1, 0.15) is 39.0 Å². The first-order chi connectivity index (χ1) is 14.4. The number of fused-ring (bicyclic) bond motifs is 1. The van der Waals surface area contributed by atoms with Crippen molar-refractivity contribution >= 4 is 39.1 Å². The monoisotopic (exact) mass is 427 g/mol. The summed E-state index contributed by atoms with van der Waals surface area (Å²) in [6.45, 7) is 8.58. The van der Waals surface area contributed by atoms with Crippen molar-refractivity contribution in [2.24, 2.45) is 0 Å². The second-order valence-electron chi connectivity index (χ2n) is 7.52. The van der Waals surface area contributed by atoms with Gasteiger partial charge in [-0.15, -0.1) is 11.3 Å². The van der Waals surface area contributed by atoms with Crippen molar-refractivity contribution < 1.29 is 14.3 Å². The molecule has 4 heterocycles. The third kappa shape index (κ3) is 3.48. The summed E-state index contributed by atoms with van der Waals surface area (Å²) >= 11 is 1.61. The molecule has 0 amide bonds. The maximum absolute atomic E-state index is 13.2. The number of esters is 1. The predicted molar refractivity (Wildman–Crippen MR) is 117 cm³/mol. The SMILES string of the molecule is COC(=O)c1c(C)[nH]c(C(=O)C(C)N2CCN(c3ncnc4sccc34)CC2)c1C. The van der Waals surface area contributed by atoms with Gasteiger partial charge in [-0.1, -0.05) is 0 Å². The number of methoxy groups -OCH3 is 1. The molecule has 8 nitrogen and oxygen atoms in total. The number of ketones is 1. The lowest BCUT2D eigenvalue weighted by atomic mass is 10.0. The van der Waals surface area contributed by atoms with Crippen LogP contribution in [-0.4, -0.2) is 70.9 Å². The number of aromatic amines is 1. The van der Waals surface area contributed by atoms with Crippen LogP contribution in [0.5, 0.6) is 0 Å². The molecular weight excluding hydrogens is 402 g/mol. The van der Waals surface area contributed by atoms with Gasteiger partial charge in [0.05, 0.1) is 29.8 Å². The molecule has 0 saturated carbocycles. The average molecular weight is 428 g/mol. The third-order valence-electron chi connectivity index (χ3n) is 5.86. The van der Waals surface area contributed by atoms with E-state index in [1.54, 1.807) is 31.5 Å². The Bertz CT molecular complexity index is 1100. The number of aromatic nitrogens is 3. The normalized spacial score (nSPS) is 16.1. The Kier molecular flexibility index (Phi) is 5.57. The Balaban J connectivity index is 1.47. The molecule has 1 aliphatic rings. The van der Waals surface area contributed by atoms with Gasteiger partial charge < -0.3 is 14.6 Å². The zero-order valence-electron chi connectivity index (χ0n) is 17.6. The number of nitrogens with zero attached hydrogens (tertiary/aromatic N) is 4. The number of Topliss-reactive ketones (excluding diaryl/α,β-unsaturated/α-hetero) is 1. The summed E-state index contributed by atoms with van der Waals surface area (Å²) in [5.41, 5.74) is 2.24. The van der Waals surface area contributed by atoms with E-state index < -0.39 is 5.97 Å². The van der Waals surface area contributed by atoms with Gasteiger partial charge in [0.1, 0.15) is 17.0 Å². The van der Waals surface area contributed by atoms with Crippen molar-refractivity contribution in [3.63, 3.8) is 0 Å². The number of carbonyl (C=O) groups is 2. The number of ether oxygens (including phenoxy) is 1. The highest BCUT2D eigenvalue weighted by atomic mass is 32.1. The van der Waals surface area contributed by atoms with Crippen LogP contribution >= 0.6 is 11.3 Å². The maximum atomic E-state index is 13.2. The minimum Gasteiger partial charge on any atom is -0.465 e. The highest BCUT2D eigenvalue weighted by Gasteiger charge is 2.31. The number of thiophene rings is 1. The summed E-state index contributed by atoms with van der Waals surface area (Å²) in [4.78, 5) is 42.5. The van der Waals surface area contributed by atoms with Crippen LogP contribution in [0.3, 0.4) is 0 Å². The van der Waals surface area contributed by atoms with E-state index in [9.17, 15) is 9.59 Å². The van der Waals surface area contributed by atoms with Crippen molar-refractivity contribution in [1.82, 2.24) is 19.9 Å². The molecule has 0 aliphatic carbocycles. The van der Waals surface area contributed by atoms with Crippen molar-refractivity contribution in [2.75, 3.05) is 38.2 Å². The van der Waals surface area contributed by atoms with Crippen LogP contribution in [0.15, 0.2) is 17.8 Å². The molecule has 0 aromatic carbocycles. The minimum atomic E-state index is -0.425. The van der Waals surface area contributed by atoms with Crippen LogP contribution in [0.4, 0.5) is 5.82 Å². The van der Waals surface area contributed by atoms with E-state index in [1.165, 1.54) is 7.11 Å². The molecule has 0 bridgehead atoms. The van der Waals surface area contributed by atoms with Crippen molar-refractivity contribution in [3.8, 4) is 0 Å². The van der Waals surface area contributed by atoms with E-state index in [0.29, 0.717) is 22.5 Å². The van der Waals surface area contributed by atoms with Crippen LogP contribution in [0.25, 0.3) is 10.2 Å². The molecule has 30 heavy (non-hydrogen) atoms. The summed E-state index contributed by atoms with van der Waals surface area (Å²) < 4.78 is 4.85. The first-order valence-electron chi connectivity index (χ1n) is 9.91. The number of H-pyrrole nitrogens is 1. The summed E-state index contributed by atoms with van der Waals surface area (Å²) in [5, 5.41) is 3.11. The van der Waals surface area contributed by atoms with E-state index in [4.69, 9.17) is 4.74 Å². The summed E-state index contributed by atoms with van der Waals surface area (Å²) in [5.74, 6) is 0.520. The number of hydrogen-bond donors (Lipinski definition) is 1. The standard InChI is InChI=1S/C21H25N5O3S/c1-12-16(21(28)29-4)13(2)24-17(12)18(27)14(3)25-6-8-26(9-7-25)19-15-5-10-30-20(15)23-11-22-19/h5,10-11,14,24H,6-9H2,1-4H3. The van der Waals surface area contributed by atoms with Gasteiger partial charge in [0, 0.05) is 31.9 Å². The van der Waals surface area contributed by atoms with Gasteiger partial charge in [0.25, 0.3) is 0 Å². The quantitative estimate of drug-likeness (QED) is 0.494. The lowest BCUT2D eigenvalue weighted by molar-refractivity contribution is 0.0599. The topological polar surface area (TPSA) is 91.4 Å². The fourth-order valence-corrected chi connectivity index (χ4v) is 4.86. The van der Waals surface area contributed by atoms with Crippen molar-refractivity contribution in [1.29, 1.82) is 0 Å². The first-order valence-corrected chi connectivity index (χ1v) is 10.8. The molecule has 1 N–H and O–H groups in total. The van der Waals surface area contributed by atoms with E-state index in [-0.39, 0.29) is 11.8 Å². The van der Waals surface area contributed by atoms with Crippen LogP contribution in [0.2, 0.25) is 0 Å².